The fourth-order valence-electron chi connectivity index (χ4n) is 1.59. The van der Waals surface area contributed by atoms with Gasteiger partial charge in [-0.05, 0) is 26.0 Å². The van der Waals surface area contributed by atoms with Gasteiger partial charge in [0, 0.05) is 23.9 Å². The Morgan fingerprint density at radius 3 is 2.60 bits per heavy atom. The van der Waals surface area contributed by atoms with E-state index in [1.807, 2.05) is 0 Å². The summed E-state index contributed by atoms with van der Waals surface area (Å²) in [7, 11) is 0. The second kappa shape index (κ2) is 7.67. The molecule has 20 heavy (non-hydrogen) atoms. The molecule has 1 N–H and O–H groups in total. The molecule has 0 fully saturated rings. The van der Waals surface area contributed by atoms with E-state index >= 15 is 0 Å². The third-order valence-electron chi connectivity index (χ3n) is 2.58. The summed E-state index contributed by atoms with van der Waals surface area (Å²) in [5, 5.41) is 8.63. The van der Waals surface area contributed by atoms with Crippen LogP contribution in [0.1, 0.15) is 30.0 Å². The lowest BCUT2D eigenvalue weighted by atomic mass is 10.3. The van der Waals surface area contributed by atoms with Crippen LogP contribution in [-0.2, 0) is 6.54 Å². The van der Waals surface area contributed by atoms with Gasteiger partial charge in [0.1, 0.15) is 0 Å². The fourth-order valence-corrected chi connectivity index (χ4v) is 2.50. The highest BCUT2D eigenvalue weighted by molar-refractivity contribution is 7.12. The minimum absolute atomic E-state index is 0.0118. The Kier molecular flexibility index (Phi) is 6.53. The van der Waals surface area contributed by atoms with Gasteiger partial charge < -0.3 is 5.11 Å². The van der Waals surface area contributed by atoms with Crippen LogP contribution in [0.25, 0.3) is 0 Å². The molecule has 1 aromatic rings. The summed E-state index contributed by atoms with van der Waals surface area (Å²) < 4.78 is 37.5. The summed E-state index contributed by atoms with van der Waals surface area (Å²) in [5.41, 5.74) is 0. The van der Waals surface area contributed by atoms with Gasteiger partial charge in [0.2, 0.25) is 0 Å². The van der Waals surface area contributed by atoms with Gasteiger partial charge in [0.05, 0.1) is 18.0 Å². The van der Waals surface area contributed by atoms with E-state index in [2.05, 4.69) is 11.8 Å². The number of alkyl halides is 3. The molecule has 0 aromatic carbocycles. The van der Waals surface area contributed by atoms with E-state index < -0.39 is 12.7 Å². The Morgan fingerprint density at radius 1 is 1.35 bits per heavy atom. The molecule has 0 saturated carbocycles. The number of aliphatic hydroxyl groups excluding tert-OH is 1. The van der Waals surface area contributed by atoms with Crippen molar-refractivity contribution in [3.05, 3.63) is 21.9 Å². The van der Waals surface area contributed by atoms with Crippen LogP contribution in [0, 0.1) is 11.8 Å². The summed E-state index contributed by atoms with van der Waals surface area (Å²) in [5.74, 6) is 5.68. The topological polar surface area (TPSA) is 23.5 Å². The maximum Gasteiger partial charge on any atom is 0.401 e. The van der Waals surface area contributed by atoms with Crippen molar-refractivity contribution in [1.29, 1.82) is 0 Å². The number of hydrogen-bond donors (Lipinski definition) is 1. The number of aliphatic hydroxyl groups is 1. The van der Waals surface area contributed by atoms with Gasteiger partial charge in [-0.15, -0.1) is 11.3 Å². The SMILES string of the molecule is CC(C)N(Cc1ccc(C#CCCO)s1)CC(F)(F)F. The van der Waals surface area contributed by atoms with Crippen molar-refractivity contribution in [2.45, 2.75) is 39.0 Å². The quantitative estimate of drug-likeness (QED) is 0.844. The van der Waals surface area contributed by atoms with E-state index in [4.69, 9.17) is 5.11 Å². The van der Waals surface area contributed by atoms with E-state index in [9.17, 15) is 13.2 Å². The maximum atomic E-state index is 12.5. The largest absolute Gasteiger partial charge is 0.401 e. The molecule has 0 aliphatic carbocycles. The zero-order chi connectivity index (χ0) is 15.2. The van der Waals surface area contributed by atoms with Crippen LogP contribution < -0.4 is 0 Å². The average molecular weight is 305 g/mol. The van der Waals surface area contributed by atoms with Crippen LogP contribution in [0.5, 0.6) is 0 Å². The molecule has 0 atom stereocenters. The summed E-state index contributed by atoms with van der Waals surface area (Å²) in [6, 6.07) is 3.43. The number of thiophene rings is 1. The summed E-state index contributed by atoms with van der Waals surface area (Å²) in [6.07, 6.45) is -3.79. The van der Waals surface area contributed by atoms with Crippen LogP contribution in [0.3, 0.4) is 0 Å². The molecule has 1 aromatic heterocycles. The van der Waals surface area contributed by atoms with Gasteiger partial charge in [-0.3, -0.25) is 4.90 Å². The van der Waals surface area contributed by atoms with E-state index in [-0.39, 0.29) is 19.2 Å². The molecule has 0 saturated heterocycles. The van der Waals surface area contributed by atoms with Crippen molar-refractivity contribution < 1.29 is 18.3 Å². The van der Waals surface area contributed by atoms with Gasteiger partial charge >= 0.3 is 6.18 Å². The first-order chi connectivity index (χ1) is 9.31. The van der Waals surface area contributed by atoms with Crippen molar-refractivity contribution in [1.82, 2.24) is 4.90 Å². The molecular formula is C14H18F3NOS. The van der Waals surface area contributed by atoms with E-state index in [0.29, 0.717) is 6.42 Å². The number of hydrogen-bond acceptors (Lipinski definition) is 3. The molecule has 0 amide bonds. The first-order valence-electron chi connectivity index (χ1n) is 6.31. The smallest absolute Gasteiger partial charge is 0.395 e. The first-order valence-corrected chi connectivity index (χ1v) is 7.12. The monoisotopic (exact) mass is 305 g/mol. The van der Waals surface area contributed by atoms with Crippen LogP contribution in [-0.4, -0.2) is 35.4 Å². The van der Waals surface area contributed by atoms with Crippen LogP contribution in [0.4, 0.5) is 13.2 Å². The van der Waals surface area contributed by atoms with Crippen LogP contribution in [0.2, 0.25) is 0 Å². The third kappa shape index (κ3) is 6.42. The summed E-state index contributed by atoms with van der Waals surface area (Å²) in [6.45, 7) is 2.87. The molecule has 0 spiro atoms. The van der Waals surface area contributed by atoms with Crippen molar-refractivity contribution >= 4 is 11.3 Å². The zero-order valence-electron chi connectivity index (χ0n) is 11.5. The van der Waals surface area contributed by atoms with Crippen LogP contribution in [0.15, 0.2) is 12.1 Å². The lowest BCUT2D eigenvalue weighted by molar-refractivity contribution is -0.150. The molecule has 2 nitrogen and oxygen atoms in total. The second-order valence-corrected chi connectivity index (χ2v) is 5.82. The van der Waals surface area contributed by atoms with Gasteiger partial charge in [0.25, 0.3) is 0 Å². The molecule has 112 valence electrons. The van der Waals surface area contributed by atoms with Gasteiger partial charge in [0.15, 0.2) is 0 Å². The number of halogens is 3. The highest BCUT2D eigenvalue weighted by Gasteiger charge is 2.31. The molecule has 0 aliphatic rings. The van der Waals surface area contributed by atoms with E-state index in [0.717, 1.165) is 9.75 Å². The molecule has 0 unspecified atom stereocenters. The number of nitrogens with zero attached hydrogens (tertiary/aromatic N) is 1. The predicted molar refractivity (Wildman–Crippen MR) is 74.5 cm³/mol. The fraction of sp³-hybridized carbons (Fsp3) is 0.571. The molecule has 6 heteroatoms. The highest BCUT2D eigenvalue weighted by Crippen LogP contribution is 2.23. The molecule has 1 heterocycles. The van der Waals surface area contributed by atoms with Crippen LogP contribution >= 0.6 is 11.3 Å². The maximum absolute atomic E-state index is 12.5. The molecule has 0 radical (unpaired) electrons. The first kappa shape index (κ1) is 17.0. The molecule has 0 bridgehead atoms. The second-order valence-electron chi connectivity index (χ2n) is 4.66. The highest BCUT2D eigenvalue weighted by atomic mass is 32.1. The minimum atomic E-state index is -4.19. The van der Waals surface area contributed by atoms with Crippen molar-refractivity contribution in [3.63, 3.8) is 0 Å². The lowest BCUT2D eigenvalue weighted by Gasteiger charge is -2.26. The van der Waals surface area contributed by atoms with Crippen molar-refractivity contribution in [2.24, 2.45) is 0 Å². The van der Waals surface area contributed by atoms with Gasteiger partial charge in [-0.1, -0.05) is 11.8 Å². The Labute approximate surface area is 121 Å². The van der Waals surface area contributed by atoms with E-state index in [1.54, 1.807) is 26.0 Å². The Bertz CT molecular complexity index is 471. The lowest BCUT2D eigenvalue weighted by Crippen LogP contribution is -2.38. The number of rotatable bonds is 5. The summed E-state index contributed by atoms with van der Waals surface area (Å²) >= 11 is 1.39. The third-order valence-corrected chi connectivity index (χ3v) is 3.57. The Morgan fingerprint density at radius 2 is 2.05 bits per heavy atom. The average Bonchev–Trinajstić information content (AvgIpc) is 2.74. The minimum Gasteiger partial charge on any atom is -0.395 e. The zero-order valence-corrected chi connectivity index (χ0v) is 12.3. The molecule has 0 aliphatic heterocycles. The van der Waals surface area contributed by atoms with Crippen molar-refractivity contribution in [3.8, 4) is 11.8 Å². The normalized spacial score (nSPS) is 11.8. The predicted octanol–water partition coefficient (Wildman–Crippen LogP) is 3.25. The van der Waals surface area contributed by atoms with Crippen molar-refractivity contribution in [2.75, 3.05) is 13.2 Å². The van der Waals surface area contributed by atoms with Gasteiger partial charge in [-0.2, -0.15) is 13.2 Å². The Hall–Kier alpha value is -1.03. The van der Waals surface area contributed by atoms with E-state index in [1.165, 1.54) is 16.2 Å². The molecular weight excluding hydrogens is 287 g/mol. The molecule has 1 rings (SSSR count). The summed E-state index contributed by atoms with van der Waals surface area (Å²) in [4.78, 5) is 3.05. The Balaban J connectivity index is 2.68. The van der Waals surface area contributed by atoms with Gasteiger partial charge in [-0.25, -0.2) is 0 Å². The standard InChI is InChI=1S/C14H18F3NOS/c1-11(2)18(10-14(15,16)17)9-13-7-6-12(20-13)5-3-4-8-19/h6-7,11,19H,4,8-10H2,1-2H3.